The van der Waals surface area contributed by atoms with Crippen molar-refractivity contribution in [2.24, 2.45) is 0 Å². The van der Waals surface area contributed by atoms with Gasteiger partial charge in [0.15, 0.2) is 6.04 Å². The first-order valence-electron chi connectivity index (χ1n) is 4.98. The molecule has 1 saturated heterocycles. The number of rotatable bonds is 5. The molecule has 1 aliphatic rings. The summed E-state index contributed by atoms with van der Waals surface area (Å²) in [5.74, 6) is 0.283. The minimum atomic E-state index is -1.08. The second-order valence-electron chi connectivity index (χ2n) is 3.44. The molecule has 1 rings (SSSR count). The van der Waals surface area contributed by atoms with Crippen LogP contribution >= 0.6 is 11.8 Å². The highest BCUT2D eigenvalue weighted by molar-refractivity contribution is 7.99. The molecule has 2 unspecified atom stereocenters. The van der Waals surface area contributed by atoms with Crippen molar-refractivity contribution in [2.75, 3.05) is 31.8 Å². The fourth-order valence-electron chi connectivity index (χ4n) is 1.35. The lowest BCUT2D eigenvalue weighted by Gasteiger charge is -2.24. The number of carbonyl (C=O) groups excluding carboxylic acids is 1. The third-order valence-corrected chi connectivity index (χ3v) is 3.25. The van der Waals surface area contributed by atoms with Crippen molar-refractivity contribution in [2.45, 2.75) is 12.1 Å². The van der Waals surface area contributed by atoms with Crippen molar-refractivity contribution in [3.8, 4) is 0 Å². The molecule has 0 saturated carbocycles. The second-order valence-corrected chi connectivity index (χ2v) is 4.59. The maximum atomic E-state index is 11.7. The van der Waals surface area contributed by atoms with Gasteiger partial charge < -0.3 is 20.5 Å². The topological polar surface area (TPSA) is 87.7 Å². The highest BCUT2D eigenvalue weighted by Gasteiger charge is 2.26. The molecule has 1 amide bonds. The maximum absolute atomic E-state index is 11.7. The van der Waals surface area contributed by atoms with Gasteiger partial charge in [0.25, 0.3) is 0 Å². The Hall–Kier alpha value is -0.790. The summed E-state index contributed by atoms with van der Waals surface area (Å²) < 4.78 is 4.73. The molecule has 0 aromatic rings. The first-order valence-corrected chi connectivity index (χ1v) is 6.14. The number of hydrogen-bond acceptors (Lipinski definition) is 5. The van der Waals surface area contributed by atoms with Crippen LogP contribution in [-0.4, -0.2) is 60.8 Å². The predicted molar refractivity (Wildman–Crippen MR) is 60.6 cm³/mol. The van der Waals surface area contributed by atoms with Gasteiger partial charge in [0.05, 0.1) is 12.6 Å². The fourth-order valence-corrected chi connectivity index (χ4v) is 2.28. The van der Waals surface area contributed by atoms with E-state index in [0.29, 0.717) is 5.75 Å². The number of amides is 1. The maximum Gasteiger partial charge on any atom is 0.328 e. The zero-order valence-electron chi connectivity index (χ0n) is 9.06. The summed E-state index contributed by atoms with van der Waals surface area (Å²) in [4.78, 5) is 22.5. The van der Waals surface area contributed by atoms with Crippen LogP contribution in [0.2, 0.25) is 0 Å². The molecule has 0 radical (unpaired) electrons. The normalized spacial score (nSPS) is 22.4. The summed E-state index contributed by atoms with van der Waals surface area (Å²) in [6, 6.07) is -1.29. The molecular formula is C9H16N2O4S. The van der Waals surface area contributed by atoms with Crippen molar-refractivity contribution in [3.63, 3.8) is 0 Å². The largest absolute Gasteiger partial charge is 0.480 e. The molecule has 7 heteroatoms. The van der Waals surface area contributed by atoms with Gasteiger partial charge in [0, 0.05) is 25.2 Å². The van der Waals surface area contributed by atoms with Crippen LogP contribution < -0.4 is 10.6 Å². The number of carbonyl (C=O) groups is 2. The minimum Gasteiger partial charge on any atom is -0.480 e. The SMILES string of the molecule is COCC(NC(=O)C1CSCCN1)C(=O)O. The standard InChI is InChI=1S/C9H16N2O4S/c1-15-4-6(9(13)14)11-8(12)7-5-16-3-2-10-7/h6-7,10H,2-5H2,1H3,(H,11,12)(H,13,14). The van der Waals surface area contributed by atoms with E-state index in [-0.39, 0.29) is 18.6 Å². The molecule has 0 aromatic heterocycles. The molecule has 92 valence electrons. The lowest BCUT2D eigenvalue weighted by molar-refractivity contribution is -0.143. The number of methoxy groups -OCH3 is 1. The number of carboxylic acids is 1. The summed E-state index contributed by atoms with van der Waals surface area (Å²) in [5.41, 5.74) is 0. The van der Waals surface area contributed by atoms with Crippen LogP contribution in [-0.2, 0) is 14.3 Å². The van der Waals surface area contributed by atoms with Gasteiger partial charge in [-0.15, -0.1) is 0 Å². The number of hydrogen-bond donors (Lipinski definition) is 3. The van der Waals surface area contributed by atoms with Crippen molar-refractivity contribution >= 4 is 23.6 Å². The molecular weight excluding hydrogens is 232 g/mol. The first-order chi connectivity index (χ1) is 7.65. The van der Waals surface area contributed by atoms with E-state index < -0.39 is 12.0 Å². The van der Waals surface area contributed by atoms with E-state index in [1.807, 2.05) is 0 Å². The summed E-state index contributed by atoms with van der Waals surface area (Å²) >= 11 is 1.68. The molecule has 6 nitrogen and oxygen atoms in total. The van der Waals surface area contributed by atoms with E-state index >= 15 is 0 Å². The smallest absolute Gasteiger partial charge is 0.328 e. The number of aliphatic carboxylic acids is 1. The van der Waals surface area contributed by atoms with Gasteiger partial charge in [-0.25, -0.2) is 4.79 Å². The molecule has 1 fully saturated rings. The summed E-state index contributed by atoms with van der Waals surface area (Å²) in [6.07, 6.45) is 0. The Morgan fingerprint density at radius 1 is 1.69 bits per heavy atom. The number of thioether (sulfide) groups is 1. The summed E-state index contributed by atoms with van der Waals surface area (Å²) in [7, 11) is 1.40. The Labute approximate surface area is 98.1 Å². The molecule has 0 aliphatic carbocycles. The van der Waals surface area contributed by atoms with Gasteiger partial charge in [-0.3, -0.25) is 4.79 Å². The molecule has 1 heterocycles. The van der Waals surface area contributed by atoms with Crippen molar-refractivity contribution in [1.29, 1.82) is 0 Å². The summed E-state index contributed by atoms with van der Waals surface area (Å²) in [5, 5.41) is 14.3. The minimum absolute atomic E-state index is 0.0268. The van der Waals surface area contributed by atoms with E-state index in [0.717, 1.165) is 12.3 Å². The molecule has 0 bridgehead atoms. The van der Waals surface area contributed by atoms with E-state index in [2.05, 4.69) is 10.6 Å². The van der Waals surface area contributed by atoms with Crippen LogP contribution in [0.5, 0.6) is 0 Å². The van der Waals surface area contributed by atoms with E-state index in [9.17, 15) is 9.59 Å². The zero-order valence-corrected chi connectivity index (χ0v) is 9.88. The van der Waals surface area contributed by atoms with Crippen LogP contribution in [0.1, 0.15) is 0 Å². The number of carboxylic acid groups (broad SMARTS) is 1. The Balaban J connectivity index is 2.43. The lowest BCUT2D eigenvalue weighted by Crippen LogP contribution is -2.54. The van der Waals surface area contributed by atoms with Crippen molar-refractivity contribution in [1.82, 2.24) is 10.6 Å². The average molecular weight is 248 g/mol. The van der Waals surface area contributed by atoms with Gasteiger partial charge in [-0.1, -0.05) is 0 Å². The monoisotopic (exact) mass is 248 g/mol. The zero-order chi connectivity index (χ0) is 12.0. The van der Waals surface area contributed by atoms with Crippen LogP contribution in [0.4, 0.5) is 0 Å². The number of ether oxygens (including phenoxy) is 1. The molecule has 2 atom stereocenters. The second kappa shape index (κ2) is 6.72. The van der Waals surface area contributed by atoms with Gasteiger partial charge in [-0.05, 0) is 0 Å². The third kappa shape index (κ3) is 3.99. The van der Waals surface area contributed by atoms with E-state index in [1.165, 1.54) is 7.11 Å². The Morgan fingerprint density at radius 3 is 2.94 bits per heavy atom. The highest BCUT2D eigenvalue weighted by Crippen LogP contribution is 2.07. The van der Waals surface area contributed by atoms with Crippen LogP contribution in [0.3, 0.4) is 0 Å². The molecule has 16 heavy (non-hydrogen) atoms. The van der Waals surface area contributed by atoms with Crippen LogP contribution in [0.25, 0.3) is 0 Å². The number of nitrogens with one attached hydrogen (secondary N) is 2. The van der Waals surface area contributed by atoms with Gasteiger partial charge >= 0.3 is 5.97 Å². The summed E-state index contributed by atoms with van der Waals surface area (Å²) in [6.45, 7) is 0.742. The lowest BCUT2D eigenvalue weighted by atomic mass is 10.2. The Morgan fingerprint density at radius 2 is 2.44 bits per heavy atom. The highest BCUT2D eigenvalue weighted by atomic mass is 32.2. The molecule has 3 N–H and O–H groups in total. The van der Waals surface area contributed by atoms with E-state index in [4.69, 9.17) is 9.84 Å². The van der Waals surface area contributed by atoms with E-state index in [1.54, 1.807) is 11.8 Å². The predicted octanol–water partition coefficient (Wildman–Crippen LogP) is -1.09. The Bertz CT molecular complexity index is 256. The molecule has 0 spiro atoms. The van der Waals surface area contributed by atoms with Crippen molar-refractivity contribution in [3.05, 3.63) is 0 Å². The molecule has 1 aliphatic heterocycles. The van der Waals surface area contributed by atoms with Gasteiger partial charge in [-0.2, -0.15) is 11.8 Å². The van der Waals surface area contributed by atoms with Crippen LogP contribution in [0.15, 0.2) is 0 Å². The van der Waals surface area contributed by atoms with Crippen LogP contribution in [0, 0.1) is 0 Å². The first kappa shape index (κ1) is 13.3. The van der Waals surface area contributed by atoms with Gasteiger partial charge in [0.1, 0.15) is 0 Å². The van der Waals surface area contributed by atoms with Gasteiger partial charge in [0.2, 0.25) is 5.91 Å². The molecule has 0 aromatic carbocycles. The van der Waals surface area contributed by atoms with Crippen molar-refractivity contribution < 1.29 is 19.4 Å². The quantitative estimate of drug-likeness (QED) is 0.573. The third-order valence-electron chi connectivity index (χ3n) is 2.19. The fraction of sp³-hybridized carbons (Fsp3) is 0.778. The average Bonchev–Trinajstić information content (AvgIpc) is 2.29. The Kier molecular flexibility index (Phi) is 5.58.